The Morgan fingerprint density at radius 2 is 1.29 bits per heavy atom. The van der Waals surface area contributed by atoms with Crippen LogP contribution in [0.3, 0.4) is 0 Å². The summed E-state index contributed by atoms with van der Waals surface area (Å²) in [6.07, 6.45) is -2.91. The number of aliphatic hydroxyl groups excluding tert-OH is 2. The number of ether oxygens (including phenoxy) is 3. The zero-order valence-corrected chi connectivity index (χ0v) is 13.3. The highest BCUT2D eigenvalue weighted by Gasteiger charge is 2.45. The summed E-state index contributed by atoms with van der Waals surface area (Å²) < 4.78 is 17.1. The number of benzene rings is 2. The van der Waals surface area contributed by atoms with E-state index in [-0.39, 0.29) is 6.61 Å². The van der Waals surface area contributed by atoms with E-state index in [1.165, 1.54) is 0 Å². The van der Waals surface area contributed by atoms with Gasteiger partial charge in [-0.3, -0.25) is 0 Å². The van der Waals surface area contributed by atoms with Gasteiger partial charge in [-0.25, -0.2) is 0 Å². The summed E-state index contributed by atoms with van der Waals surface area (Å²) in [6, 6.07) is 19.4. The van der Waals surface area contributed by atoms with Crippen LogP contribution in [0.2, 0.25) is 0 Å². The Bertz CT molecular complexity index is 604. The zero-order valence-electron chi connectivity index (χ0n) is 13.3. The van der Waals surface area contributed by atoms with Crippen molar-refractivity contribution in [3.05, 3.63) is 71.8 Å². The molecule has 0 saturated carbocycles. The van der Waals surface area contributed by atoms with Gasteiger partial charge in [0, 0.05) is 0 Å². The number of hydrogen-bond donors (Lipinski definition) is 2. The van der Waals surface area contributed by atoms with Gasteiger partial charge in [0.15, 0.2) is 6.29 Å². The number of hydrogen-bond acceptors (Lipinski definition) is 5. The molecule has 0 radical (unpaired) electrons. The maximum Gasteiger partial charge on any atom is 0.184 e. The Labute approximate surface area is 141 Å². The molecule has 0 amide bonds. The Kier molecular flexibility index (Phi) is 5.96. The highest BCUT2D eigenvalue weighted by atomic mass is 16.7. The van der Waals surface area contributed by atoms with Gasteiger partial charge in [0.05, 0.1) is 19.8 Å². The summed E-state index contributed by atoms with van der Waals surface area (Å²) in [5.74, 6) is 0. The van der Waals surface area contributed by atoms with Crippen LogP contribution in [-0.2, 0) is 27.4 Å². The molecule has 1 heterocycles. The molecule has 5 nitrogen and oxygen atoms in total. The second-order valence-corrected chi connectivity index (χ2v) is 5.77. The molecule has 1 unspecified atom stereocenters. The Morgan fingerprint density at radius 3 is 1.79 bits per heavy atom. The molecule has 4 atom stereocenters. The van der Waals surface area contributed by atoms with Crippen LogP contribution in [0.15, 0.2) is 60.7 Å². The summed E-state index contributed by atoms with van der Waals surface area (Å²) >= 11 is 0. The molecule has 1 aliphatic rings. The van der Waals surface area contributed by atoms with Crippen molar-refractivity contribution < 1.29 is 24.4 Å². The summed E-state index contributed by atoms with van der Waals surface area (Å²) in [5.41, 5.74) is 2.01. The van der Waals surface area contributed by atoms with Crippen LogP contribution in [0.1, 0.15) is 11.1 Å². The first-order valence-electron chi connectivity index (χ1n) is 8.03. The minimum Gasteiger partial charge on any atom is -0.394 e. The first kappa shape index (κ1) is 17.1. The van der Waals surface area contributed by atoms with Crippen LogP contribution in [0.4, 0.5) is 0 Å². The molecule has 24 heavy (non-hydrogen) atoms. The molecule has 128 valence electrons. The van der Waals surface area contributed by atoms with Crippen molar-refractivity contribution in [3.8, 4) is 0 Å². The number of rotatable bonds is 7. The van der Waals surface area contributed by atoms with Crippen LogP contribution in [0.5, 0.6) is 0 Å². The molecular weight excluding hydrogens is 308 g/mol. The molecule has 2 N–H and O–H groups in total. The molecule has 1 fully saturated rings. The lowest BCUT2D eigenvalue weighted by atomic mass is 10.1. The van der Waals surface area contributed by atoms with Gasteiger partial charge < -0.3 is 24.4 Å². The normalized spacial score (nSPS) is 26.6. The third kappa shape index (κ3) is 4.20. The van der Waals surface area contributed by atoms with E-state index in [9.17, 15) is 10.2 Å². The van der Waals surface area contributed by atoms with Gasteiger partial charge in [-0.1, -0.05) is 60.7 Å². The van der Waals surface area contributed by atoms with Gasteiger partial charge in [-0.05, 0) is 11.1 Å². The fraction of sp³-hybridized carbons (Fsp3) is 0.368. The molecule has 0 bridgehead atoms. The predicted octanol–water partition coefficient (Wildman–Crippen LogP) is 1.87. The third-order valence-electron chi connectivity index (χ3n) is 4.04. The molecule has 1 saturated heterocycles. The first-order valence-corrected chi connectivity index (χ1v) is 8.03. The molecule has 1 aliphatic heterocycles. The van der Waals surface area contributed by atoms with Crippen LogP contribution in [-0.4, -0.2) is 41.4 Å². The second-order valence-electron chi connectivity index (χ2n) is 5.77. The highest BCUT2D eigenvalue weighted by Crippen LogP contribution is 2.27. The average Bonchev–Trinajstić information content (AvgIpc) is 2.94. The molecule has 3 rings (SSSR count). The topological polar surface area (TPSA) is 68.2 Å². The van der Waals surface area contributed by atoms with Gasteiger partial charge in [0.25, 0.3) is 0 Å². The van der Waals surface area contributed by atoms with E-state index in [0.717, 1.165) is 11.1 Å². The van der Waals surface area contributed by atoms with E-state index in [4.69, 9.17) is 14.2 Å². The van der Waals surface area contributed by atoms with E-state index in [0.29, 0.717) is 13.2 Å². The maximum atomic E-state index is 10.1. The van der Waals surface area contributed by atoms with Crippen molar-refractivity contribution >= 4 is 0 Å². The molecule has 0 aliphatic carbocycles. The van der Waals surface area contributed by atoms with Crippen LogP contribution in [0, 0.1) is 0 Å². The third-order valence-corrected chi connectivity index (χ3v) is 4.04. The van der Waals surface area contributed by atoms with E-state index in [2.05, 4.69) is 0 Å². The van der Waals surface area contributed by atoms with Crippen molar-refractivity contribution in [2.24, 2.45) is 0 Å². The monoisotopic (exact) mass is 330 g/mol. The molecule has 2 aromatic rings. The van der Waals surface area contributed by atoms with Gasteiger partial charge in [-0.15, -0.1) is 0 Å². The van der Waals surface area contributed by atoms with E-state index < -0.39 is 24.6 Å². The van der Waals surface area contributed by atoms with E-state index >= 15 is 0 Å². The van der Waals surface area contributed by atoms with Crippen molar-refractivity contribution in [1.29, 1.82) is 0 Å². The first-order chi connectivity index (χ1) is 11.8. The standard InChI is InChI=1S/C19H22O5/c20-11-16-17(22-12-14-7-3-1-4-8-14)18(19(21)24-16)23-13-15-9-5-2-6-10-15/h1-10,16-21H,11-13H2/t16-,17-,18+,19?/m1/s1. The summed E-state index contributed by atoms with van der Waals surface area (Å²) in [5, 5.41) is 19.6. The Morgan fingerprint density at radius 1 is 0.792 bits per heavy atom. The average molecular weight is 330 g/mol. The van der Waals surface area contributed by atoms with Gasteiger partial charge >= 0.3 is 0 Å². The summed E-state index contributed by atoms with van der Waals surface area (Å²) in [7, 11) is 0. The van der Waals surface area contributed by atoms with E-state index in [1.807, 2.05) is 60.7 Å². The van der Waals surface area contributed by atoms with Gasteiger partial charge in [-0.2, -0.15) is 0 Å². The highest BCUT2D eigenvalue weighted by molar-refractivity contribution is 5.14. The van der Waals surface area contributed by atoms with Gasteiger partial charge in [0.2, 0.25) is 0 Å². The lowest BCUT2D eigenvalue weighted by Crippen LogP contribution is -2.38. The largest absolute Gasteiger partial charge is 0.394 e. The fourth-order valence-corrected chi connectivity index (χ4v) is 2.77. The predicted molar refractivity (Wildman–Crippen MR) is 88.0 cm³/mol. The SMILES string of the molecule is OC[C@H]1OC(O)[C@@H](OCc2ccccc2)[C@@H]1OCc1ccccc1. The smallest absolute Gasteiger partial charge is 0.184 e. The van der Waals surface area contributed by atoms with Crippen LogP contribution >= 0.6 is 0 Å². The van der Waals surface area contributed by atoms with Crippen molar-refractivity contribution in [2.75, 3.05) is 6.61 Å². The Hall–Kier alpha value is -1.76. The molecule has 0 aromatic heterocycles. The summed E-state index contributed by atoms with van der Waals surface area (Å²) in [6.45, 7) is 0.472. The molecule has 0 spiro atoms. The lowest BCUT2D eigenvalue weighted by molar-refractivity contribution is -0.151. The Balaban J connectivity index is 1.63. The maximum absolute atomic E-state index is 10.1. The number of aliphatic hydroxyl groups is 2. The molecule has 5 heteroatoms. The molecule has 2 aromatic carbocycles. The van der Waals surface area contributed by atoms with E-state index in [1.54, 1.807) is 0 Å². The summed E-state index contributed by atoms with van der Waals surface area (Å²) in [4.78, 5) is 0. The van der Waals surface area contributed by atoms with Crippen molar-refractivity contribution in [3.63, 3.8) is 0 Å². The minimum atomic E-state index is -1.12. The fourth-order valence-electron chi connectivity index (χ4n) is 2.77. The minimum absolute atomic E-state index is 0.234. The van der Waals surface area contributed by atoms with Crippen LogP contribution in [0.25, 0.3) is 0 Å². The second kappa shape index (κ2) is 8.37. The van der Waals surface area contributed by atoms with Crippen molar-refractivity contribution in [2.45, 2.75) is 37.8 Å². The van der Waals surface area contributed by atoms with Gasteiger partial charge in [0.1, 0.15) is 18.3 Å². The lowest BCUT2D eigenvalue weighted by Gasteiger charge is -2.23. The molecular formula is C19H22O5. The quantitative estimate of drug-likeness (QED) is 0.811. The zero-order chi connectivity index (χ0) is 16.8. The van der Waals surface area contributed by atoms with Crippen LogP contribution < -0.4 is 0 Å². The van der Waals surface area contributed by atoms with Crippen molar-refractivity contribution in [1.82, 2.24) is 0 Å².